The molecule has 0 radical (unpaired) electrons. The molecule has 1 unspecified atom stereocenters. The molecule has 12 atom stereocenters. The van der Waals surface area contributed by atoms with Gasteiger partial charge in [0.1, 0.15) is 24.1 Å². The van der Waals surface area contributed by atoms with Crippen molar-refractivity contribution < 1.29 is 42.3 Å². The molecule has 3 aromatic rings. The van der Waals surface area contributed by atoms with Crippen molar-refractivity contribution in [3.8, 4) is 17.6 Å². The van der Waals surface area contributed by atoms with Crippen LogP contribution in [0.2, 0.25) is 18.1 Å². The zero-order valence-electron chi connectivity index (χ0n) is 39.5. The van der Waals surface area contributed by atoms with Crippen molar-refractivity contribution in [3.63, 3.8) is 0 Å². The lowest BCUT2D eigenvalue weighted by atomic mass is 9.78. The summed E-state index contributed by atoms with van der Waals surface area (Å²) in [4.78, 5) is 0. The Balaban J connectivity index is 1.26. The molecule has 65 heavy (non-hydrogen) atoms. The summed E-state index contributed by atoms with van der Waals surface area (Å²) in [5.74, 6) is 7.88. The molecule has 10 heteroatoms. The van der Waals surface area contributed by atoms with E-state index in [9.17, 15) is 0 Å². The number of hydrogen-bond acceptors (Lipinski definition) is 9. The van der Waals surface area contributed by atoms with Crippen LogP contribution < -0.4 is 4.74 Å². The maximum atomic E-state index is 7.18. The summed E-state index contributed by atoms with van der Waals surface area (Å²) in [6.07, 6.45) is 9.31. The highest BCUT2D eigenvalue weighted by Gasteiger charge is 2.49. The number of fused-ring (bicyclic) bond motifs is 2. The summed E-state index contributed by atoms with van der Waals surface area (Å²) in [6, 6.07) is 28.4. The van der Waals surface area contributed by atoms with Crippen LogP contribution in [0.4, 0.5) is 0 Å². The summed E-state index contributed by atoms with van der Waals surface area (Å²) in [5.41, 5.74) is 3.07. The molecule has 0 amide bonds. The highest BCUT2D eigenvalue weighted by Crippen LogP contribution is 2.42. The van der Waals surface area contributed by atoms with Crippen molar-refractivity contribution >= 4 is 8.32 Å². The number of benzene rings is 3. The van der Waals surface area contributed by atoms with Crippen LogP contribution in [0.15, 0.2) is 122 Å². The van der Waals surface area contributed by atoms with Gasteiger partial charge in [0.05, 0.1) is 69.5 Å². The van der Waals surface area contributed by atoms with E-state index in [1.54, 1.807) is 7.11 Å². The molecule has 7 rings (SSSR count). The summed E-state index contributed by atoms with van der Waals surface area (Å²) >= 11 is 0. The fourth-order valence-electron chi connectivity index (χ4n) is 9.07. The number of methoxy groups -OCH3 is 1. The minimum absolute atomic E-state index is 0.0166. The molecule has 0 aromatic heterocycles. The maximum Gasteiger partial charge on any atom is 0.193 e. The van der Waals surface area contributed by atoms with Crippen LogP contribution in [0.5, 0.6) is 5.75 Å². The second-order valence-electron chi connectivity index (χ2n) is 19.3. The van der Waals surface area contributed by atoms with Gasteiger partial charge in [-0.25, -0.2) is 0 Å². The Labute approximate surface area is 389 Å². The lowest BCUT2D eigenvalue weighted by Crippen LogP contribution is -2.48. The van der Waals surface area contributed by atoms with Crippen molar-refractivity contribution in [2.45, 2.75) is 152 Å². The van der Waals surface area contributed by atoms with Crippen LogP contribution in [-0.4, -0.2) is 83.6 Å². The van der Waals surface area contributed by atoms with E-state index in [4.69, 9.17) is 42.3 Å². The Morgan fingerprint density at radius 1 is 0.831 bits per heavy atom. The second kappa shape index (κ2) is 23.2. The molecule has 4 aliphatic rings. The molecule has 0 bridgehead atoms. The van der Waals surface area contributed by atoms with Gasteiger partial charge in [0.15, 0.2) is 14.6 Å². The first-order valence-corrected chi connectivity index (χ1v) is 26.6. The standard InChI is InChI=1S/C55H72O9Si/c1-9-19-45(58-37-40-28-30-42(56-6)31-29-40)43(25-17-26-49-50(64-65(7,8)55(3,4)5)33-32-47-48(62-49)27-18-34-57-47)44-35-51(59-36-39-21-13-11-14-22-39)53-52(61-46(44)20-10-2)38-60-54(63-53)41-23-15-12-16-24-41/h9-16,21-24,28-33,43-54H,1-2,18-20,26-27,34-38H2,3-8H3/t43-,44-,45+,46?,47-,48+,49+,50+,51-,52-,53+,54-/m1/s1. The smallest absolute Gasteiger partial charge is 0.193 e. The second-order valence-corrected chi connectivity index (χ2v) is 24.1. The predicted molar refractivity (Wildman–Crippen MR) is 258 cm³/mol. The van der Waals surface area contributed by atoms with Gasteiger partial charge in [-0.3, -0.25) is 0 Å². The van der Waals surface area contributed by atoms with Crippen molar-refractivity contribution in [2.75, 3.05) is 20.3 Å². The monoisotopic (exact) mass is 904 g/mol. The molecule has 4 heterocycles. The van der Waals surface area contributed by atoms with Gasteiger partial charge in [-0.1, -0.05) is 124 Å². The van der Waals surface area contributed by atoms with Crippen molar-refractivity contribution in [1.29, 1.82) is 0 Å². The van der Waals surface area contributed by atoms with Crippen molar-refractivity contribution in [3.05, 3.63) is 139 Å². The van der Waals surface area contributed by atoms with Gasteiger partial charge in [0.25, 0.3) is 0 Å². The Bertz CT molecular complexity index is 2020. The number of hydrogen-bond donors (Lipinski definition) is 0. The minimum atomic E-state index is -2.20. The largest absolute Gasteiger partial charge is 0.497 e. The van der Waals surface area contributed by atoms with Crippen molar-refractivity contribution in [2.24, 2.45) is 11.8 Å². The van der Waals surface area contributed by atoms with Crippen LogP contribution in [-0.2, 0) is 50.8 Å². The van der Waals surface area contributed by atoms with E-state index in [0.29, 0.717) is 45.5 Å². The van der Waals surface area contributed by atoms with Crippen LogP contribution in [0, 0.1) is 23.7 Å². The SMILES string of the molecule is C=CCC1O[C@@H]2CO[C@@H](c3ccccc3)O[C@H]2[C@H](OCc2ccccc2)C[C@@H]1[C@@H](C#CC[C@@H]1O[C@H]2CCCO[C@@H]2C=C[C@@H]1O[Si](C)(C)C(C)(C)C)[C@H](CC=C)OCc1ccc(OC)cc1. The topological polar surface area (TPSA) is 83.1 Å². The minimum Gasteiger partial charge on any atom is -0.497 e. The number of rotatable bonds is 17. The van der Waals surface area contributed by atoms with Gasteiger partial charge < -0.3 is 42.3 Å². The van der Waals surface area contributed by atoms with E-state index >= 15 is 0 Å². The Morgan fingerprint density at radius 2 is 1.55 bits per heavy atom. The lowest BCUT2D eigenvalue weighted by molar-refractivity contribution is -0.288. The van der Waals surface area contributed by atoms with E-state index in [1.807, 2.05) is 84.9 Å². The molecule has 3 aromatic carbocycles. The predicted octanol–water partition coefficient (Wildman–Crippen LogP) is 11.1. The van der Waals surface area contributed by atoms with Gasteiger partial charge >= 0.3 is 0 Å². The summed E-state index contributed by atoms with van der Waals surface area (Å²) < 4.78 is 60.2. The zero-order chi connectivity index (χ0) is 45.8. The van der Waals surface area contributed by atoms with Crippen molar-refractivity contribution in [1.82, 2.24) is 0 Å². The maximum absolute atomic E-state index is 7.18. The average molecular weight is 905 g/mol. The Morgan fingerprint density at radius 3 is 2.26 bits per heavy atom. The third kappa shape index (κ3) is 13.0. The summed E-state index contributed by atoms with van der Waals surface area (Å²) in [6.45, 7) is 21.7. The lowest BCUT2D eigenvalue weighted by Gasteiger charge is -2.40. The van der Waals surface area contributed by atoms with E-state index in [2.05, 4.69) is 83.1 Å². The highest BCUT2D eigenvalue weighted by atomic mass is 28.4. The quantitative estimate of drug-likeness (QED) is 0.0747. The fourth-order valence-corrected chi connectivity index (χ4v) is 10.3. The summed E-state index contributed by atoms with van der Waals surface area (Å²) in [5, 5.41) is 0.0166. The fraction of sp³-hybridized carbons (Fsp3) is 0.527. The number of ether oxygens (including phenoxy) is 8. The van der Waals surface area contributed by atoms with Crippen LogP contribution in [0.3, 0.4) is 0 Å². The van der Waals surface area contributed by atoms with Gasteiger partial charge in [-0.2, -0.15) is 0 Å². The normalized spacial score (nSPS) is 29.1. The average Bonchev–Trinajstić information content (AvgIpc) is 3.58. The van der Waals surface area contributed by atoms with Crippen LogP contribution in [0.25, 0.3) is 0 Å². The Kier molecular flexibility index (Phi) is 17.5. The third-order valence-corrected chi connectivity index (χ3v) is 18.2. The van der Waals surface area contributed by atoms with E-state index < -0.39 is 20.7 Å². The zero-order valence-corrected chi connectivity index (χ0v) is 40.5. The highest BCUT2D eigenvalue weighted by molar-refractivity contribution is 6.74. The molecular weight excluding hydrogens is 833 g/mol. The molecule has 9 nitrogen and oxygen atoms in total. The van der Waals surface area contributed by atoms with Crippen LogP contribution >= 0.6 is 0 Å². The van der Waals surface area contributed by atoms with Gasteiger partial charge in [0, 0.05) is 24.5 Å². The van der Waals surface area contributed by atoms with E-state index in [-0.39, 0.29) is 65.7 Å². The molecule has 350 valence electrons. The molecule has 0 saturated carbocycles. The molecule has 3 fully saturated rings. The molecule has 0 spiro atoms. The van der Waals surface area contributed by atoms with Gasteiger partial charge in [0.2, 0.25) is 0 Å². The van der Waals surface area contributed by atoms with Gasteiger partial charge in [-0.15, -0.1) is 19.1 Å². The molecule has 3 saturated heterocycles. The molecule has 4 aliphatic heterocycles. The molecular formula is C55H72O9Si. The molecule has 0 aliphatic carbocycles. The van der Waals surface area contributed by atoms with Gasteiger partial charge in [-0.05, 0) is 73.5 Å². The Hall–Kier alpha value is -3.86. The van der Waals surface area contributed by atoms with Crippen LogP contribution in [0.1, 0.15) is 82.3 Å². The molecule has 0 N–H and O–H groups in total. The van der Waals surface area contributed by atoms with E-state index in [0.717, 1.165) is 41.9 Å². The first-order chi connectivity index (χ1) is 31.5. The first-order valence-electron chi connectivity index (χ1n) is 23.7. The van der Waals surface area contributed by atoms with E-state index in [1.165, 1.54) is 0 Å². The third-order valence-electron chi connectivity index (χ3n) is 13.7. The first kappa shape index (κ1) is 49.1. The summed E-state index contributed by atoms with van der Waals surface area (Å²) in [7, 11) is -0.523.